The summed E-state index contributed by atoms with van der Waals surface area (Å²) in [5.74, 6) is 0. The number of anilines is 1. The van der Waals surface area contributed by atoms with E-state index in [4.69, 9.17) is 0 Å². The van der Waals surface area contributed by atoms with Gasteiger partial charge in [-0.15, -0.1) is 0 Å². The van der Waals surface area contributed by atoms with E-state index in [1.165, 1.54) is 0 Å². The van der Waals surface area contributed by atoms with Crippen molar-refractivity contribution in [3.8, 4) is 0 Å². The molecule has 0 fully saturated rings. The first kappa shape index (κ1) is 14.8. The topological polar surface area (TPSA) is 46.2 Å². The fraction of sp³-hybridized carbons (Fsp3) is 0.0769. The van der Waals surface area contributed by atoms with Crippen molar-refractivity contribution in [1.29, 1.82) is 0 Å². The van der Waals surface area contributed by atoms with Gasteiger partial charge in [0.05, 0.1) is 4.90 Å². The molecule has 2 aromatic carbocycles. The highest BCUT2D eigenvalue weighted by Crippen LogP contribution is 2.22. The van der Waals surface area contributed by atoms with Crippen LogP contribution >= 0.6 is 38.5 Å². The maximum absolute atomic E-state index is 12.2. The summed E-state index contributed by atoms with van der Waals surface area (Å²) < 4.78 is 29.0. The number of nitrogens with one attached hydrogen (secondary N) is 1. The number of hydrogen-bond donors (Lipinski definition) is 1. The van der Waals surface area contributed by atoms with Crippen molar-refractivity contribution in [2.75, 3.05) is 4.72 Å². The normalized spacial score (nSPS) is 11.3. The lowest BCUT2D eigenvalue weighted by Crippen LogP contribution is -2.13. The molecule has 0 unspecified atom stereocenters. The molecule has 0 radical (unpaired) electrons. The molecule has 19 heavy (non-hydrogen) atoms. The van der Waals surface area contributed by atoms with Gasteiger partial charge in [0.15, 0.2) is 0 Å². The minimum absolute atomic E-state index is 0.256. The van der Waals surface area contributed by atoms with E-state index in [-0.39, 0.29) is 4.90 Å². The van der Waals surface area contributed by atoms with Crippen molar-refractivity contribution < 1.29 is 8.42 Å². The average Bonchev–Trinajstić information content (AvgIpc) is 2.35. The van der Waals surface area contributed by atoms with Crippen LogP contribution in [-0.4, -0.2) is 8.42 Å². The van der Waals surface area contributed by atoms with Crippen LogP contribution in [0.15, 0.2) is 51.8 Å². The van der Waals surface area contributed by atoms with Gasteiger partial charge in [-0.1, -0.05) is 15.9 Å². The first-order chi connectivity index (χ1) is 8.88. The third-order valence-electron chi connectivity index (χ3n) is 2.54. The van der Waals surface area contributed by atoms with Crippen LogP contribution in [0.3, 0.4) is 0 Å². The Morgan fingerprint density at radius 2 is 1.74 bits per heavy atom. The minimum atomic E-state index is -3.54. The molecule has 1 N–H and O–H groups in total. The molecule has 0 spiro atoms. The van der Waals surface area contributed by atoms with Crippen LogP contribution in [0.1, 0.15) is 5.56 Å². The third kappa shape index (κ3) is 3.70. The molecule has 0 atom stereocenters. The molecule has 0 saturated heterocycles. The molecule has 0 amide bonds. The lowest BCUT2D eigenvalue weighted by molar-refractivity contribution is 0.601. The van der Waals surface area contributed by atoms with Gasteiger partial charge in [-0.2, -0.15) is 0 Å². The third-order valence-corrected chi connectivity index (χ3v) is 5.52. The second-order valence-corrected chi connectivity index (χ2v) is 7.81. The number of aryl methyl sites for hydroxylation is 1. The first-order valence-electron chi connectivity index (χ1n) is 5.43. The Labute approximate surface area is 134 Å². The Hall–Kier alpha value is -0.600. The maximum Gasteiger partial charge on any atom is 0.261 e. The Balaban J connectivity index is 2.32. The van der Waals surface area contributed by atoms with Crippen molar-refractivity contribution in [3.05, 3.63) is 56.1 Å². The van der Waals surface area contributed by atoms with Crippen molar-refractivity contribution in [3.63, 3.8) is 0 Å². The quantitative estimate of drug-likeness (QED) is 0.712. The summed E-state index contributed by atoms with van der Waals surface area (Å²) in [5.41, 5.74) is 1.44. The molecule has 6 heteroatoms. The highest BCUT2D eigenvalue weighted by atomic mass is 127. The highest BCUT2D eigenvalue weighted by molar-refractivity contribution is 14.1. The van der Waals surface area contributed by atoms with Gasteiger partial charge in [0.25, 0.3) is 10.0 Å². The summed E-state index contributed by atoms with van der Waals surface area (Å²) in [4.78, 5) is 0.256. The molecule has 0 bridgehead atoms. The lowest BCUT2D eigenvalue weighted by atomic mass is 10.2. The van der Waals surface area contributed by atoms with Gasteiger partial charge in [0.2, 0.25) is 0 Å². The van der Waals surface area contributed by atoms with Crippen LogP contribution in [0.5, 0.6) is 0 Å². The fourth-order valence-corrected chi connectivity index (χ4v) is 3.27. The molecule has 0 aliphatic heterocycles. The molecule has 100 valence electrons. The predicted octanol–water partition coefficient (Wildman–Crippen LogP) is 4.16. The van der Waals surface area contributed by atoms with Crippen LogP contribution in [0.4, 0.5) is 5.69 Å². The molecule has 2 aromatic rings. The summed E-state index contributed by atoms with van der Waals surface area (Å²) in [7, 11) is -3.54. The summed E-state index contributed by atoms with van der Waals surface area (Å²) in [6, 6.07) is 12.1. The average molecular weight is 452 g/mol. The molecule has 0 heterocycles. The number of sulfonamides is 1. The van der Waals surface area contributed by atoms with E-state index in [0.29, 0.717) is 5.69 Å². The zero-order chi connectivity index (χ0) is 14.0. The van der Waals surface area contributed by atoms with Gasteiger partial charge in [-0.3, -0.25) is 4.72 Å². The largest absolute Gasteiger partial charge is 0.280 e. The number of hydrogen-bond acceptors (Lipinski definition) is 2. The number of halogens is 2. The van der Waals surface area contributed by atoms with Crippen LogP contribution in [-0.2, 0) is 10.0 Å². The van der Waals surface area contributed by atoms with E-state index in [1.807, 2.05) is 19.1 Å². The van der Waals surface area contributed by atoms with Gasteiger partial charge in [-0.25, -0.2) is 8.42 Å². The van der Waals surface area contributed by atoms with E-state index in [9.17, 15) is 8.42 Å². The molecular weight excluding hydrogens is 441 g/mol. The predicted molar refractivity (Wildman–Crippen MR) is 88.8 cm³/mol. The van der Waals surface area contributed by atoms with E-state index in [0.717, 1.165) is 13.6 Å². The fourth-order valence-electron chi connectivity index (χ4n) is 1.52. The van der Waals surface area contributed by atoms with Gasteiger partial charge < -0.3 is 0 Å². The zero-order valence-electron chi connectivity index (χ0n) is 10.0. The van der Waals surface area contributed by atoms with Crippen molar-refractivity contribution in [1.82, 2.24) is 0 Å². The molecule has 3 nitrogen and oxygen atoms in total. The Morgan fingerprint density at radius 1 is 1.11 bits per heavy atom. The summed E-state index contributed by atoms with van der Waals surface area (Å²) in [5, 5.41) is 0. The van der Waals surface area contributed by atoms with Crippen LogP contribution in [0.2, 0.25) is 0 Å². The highest BCUT2D eigenvalue weighted by Gasteiger charge is 2.14. The second kappa shape index (κ2) is 5.80. The molecule has 0 saturated carbocycles. The van der Waals surface area contributed by atoms with Crippen molar-refractivity contribution in [2.24, 2.45) is 0 Å². The Morgan fingerprint density at radius 3 is 2.32 bits per heavy atom. The standard InChI is InChI=1S/C13H11BrINO2S/c1-9-8-12(6-7-13(9)14)19(17,18)16-11-4-2-10(15)3-5-11/h2-8,16H,1H3. The summed E-state index contributed by atoms with van der Waals surface area (Å²) >= 11 is 5.53. The van der Waals surface area contributed by atoms with Gasteiger partial charge in [0, 0.05) is 13.7 Å². The van der Waals surface area contributed by atoms with Crippen LogP contribution < -0.4 is 4.72 Å². The van der Waals surface area contributed by atoms with E-state index >= 15 is 0 Å². The SMILES string of the molecule is Cc1cc(S(=O)(=O)Nc2ccc(I)cc2)ccc1Br. The molecule has 0 aliphatic carbocycles. The van der Waals surface area contributed by atoms with Crippen LogP contribution in [0, 0.1) is 10.5 Å². The molecule has 0 aromatic heterocycles. The van der Waals surface area contributed by atoms with Gasteiger partial charge >= 0.3 is 0 Å². The van der Waals surface area contributed by atoms with E-state index < -0.39 is 10.0 Å². The Kier molecular flexibility index (Phi) is 4.52. The van der Waals surface area contributed by atoms with E-state index in [1.54, 1.807) is 30.3 Å². The number of rotatable bonds is 3. The molecule has 2 rings (SSSR count). The summed E-state index contributed by atoms with van der Waals surface area (Å²) in [6.45, 7) is 1.86. The smallest absolute Gasteiger partial charge is 0.261 e. The monoisotopic (exact) mass is 451 g/mol. The second-order valence-electron chi connectivity index (χ2n) is 4.02. The first-order valence-corrected chi connectivity index (χ1v) is 8.78. The minimum Gasteiger partial charge on any atom is -0.280 e. The molecule has 0 aliphatic rings. The zero-order valence-corrected chi connectivity index (χ0v) is 14.6. The lowest BCUT2D eigenvalue weighted by Gasteiger charge is -2.09. The van der Waals surface area contributed by atoms with Crippen molar-refractivity contribution >= 4 is 54.2 Å². The van der Waals surface area contributed by atoms with Crippen molar-refractivity contribution in [2.45, 2.75) is 11.8 Å². The number of benzene rings is 2. The van der Waals surface area contributed by atoms with E-state index in [2.05, 4.69) is 43.2 Å². The summed E-state index contributed by atoms with van der Waals surface area (Å²) in [6.07, 6.45) is 0. The maximum atomic E-state index is 12.2. The van der Waals surface area contributed by atoms with Gasteiger partial charge in [0.1, 0.15) is 0 Å². The Bertz CT molecular complexity index is 699. The van der Waals surface area contributed by atoms with Gasteiger partial charge in [-0.05, 0) is 77.5 Å². The molecular formula is C13H11BrINO2S. The van der Waals surface area contributed by atoms with Crippen LogP contribution in [0.25, 0.3) is 0 Å².